The zero-order chi connectivity index (χ0) is 9.14. The van der Waals surface area contributed by atoms with Crippen LogP contribution in [0.15, 0.2) is 18.2 Å². The molecular weight excluding hydrogens is 197 g/mol. The highest BCUT2D eigenvalue weighted by atomic mass is 35.5. The van der Waals surface area contributed by atoms with Crippen LogP contribution in [0.2, 0.25) is 0 Å². The Kier molecular flexibility index (Phi) is 3.00. The molecule has 0 aliphatic heterocycles. The molecule has 0 saturated heterocycles. The van der Waals surface area contributed by atoms with Gasteiger partial charge in [0.25, 0.3) is 0 Å². The van der Waals surface area contributed by atoms with E-state index in [4.69, 9.17) is 11.6 Å². The van der Waals surface area contributed by atoms with Crippen LogP contribution in [0.1, 0.15) is 5.56 Å². The zero-order valence-corrected chi connectivity index (χ0v) is 7.97. The fourth-order valence-corrected chi connectivity index (χ4v) is 1.01. The lowest BCUT2D eigenvalue weighted by atomic mass is 10.2. The molecule has 0 fully saturated rings. The highest BCUT2D eigenvalue weighted by molar-refractivity contribution is 7.83. The van der Waals surface area contributed by atoms with Gasteiger partial charge in [-0.25, -0.2) is 4.39 Å². The average Bonchev–Trinajstić information content (AvgIpc) is 1.96. The predicted octanol–water partition coefficient (Wildman–Crippen LogP) is 3.07. The van der Waals surface area contributed by atoms with Crippen LogP contribution >= 0.6 is 23.8 Å². The SMILES string of the molecule is Cc1ccc(NC(=S)Cl)cc1F. The molecule has 12 heavy (non-hydrogen) atoms. The number of hydrogen-bond donors (Lipinski definition) is 1. The summed E-state index contributed by atoms with van der Waals surface area (Å²) in [4.78, 5) is 0. The first-order chi connectivity index (χ1) is 5.59. The molecular formula is C8H7ClFNS. The van der Waals surface area contributed by atoms with Crippen LogP contribution in [-0.2, 0) is 0 Å². The van der Waals surface area contributed by atoms with Gasteiger partial charge in [-0.2, -0.15) is 0 Å². The van der Waals surface area contributed by atoms with Crippen LogP contribution in [0.5, 0.6) is 0 Å². The molecule has 0 aliphatic carbocycles. The number of halogens is 2. The van der Waals surface area contributed by atoms with Gasteiger partial charge in [-0.1, -0.05) is 17.7 Å². The molecule has 0 aromatic heterocycles. The van der Waals surface area contributed by atoms with E-state index < -0.39 is 0 Å². The molecule has 0 aliphatic rings. The highest BCUT2D eigenvalue weighted by Crippen LogP contribution is 2.13. The largest absolute Gasteiger partial charge is 0.337 e. The van der Waals surface area contributed by atoms with Gasteiger partial charge in [-0.3, -0.25) is 0 Å². The Labute approximate surface area is 80.5 Å². The Bertz CT molecular complexity index is 314. The second kappa shape index (κ2) is 3.83. The van der Waals surface area contributed by atoms with Crippen LogP contribution in [0, 0.1) is 12.7 Å². The molecule has 0 atom stereocenters. The zero-order valence-electron chi connectivity index (χ0n) is 6.40. The van der Waals surface area contributed by atoms with Gasteiger partial charge in [0.15, 0.2) is 4.45 Å². The number of nitrogens with one attached hydrogen (secondary N) is 1. The van der Waals surface area contributed by atoms with Crippen LogP contribution < -0.4 is 5.32 Å². The molecule has 1 nitrogen and oxygen atoms in total. The maximum atomic E-state index is 12.9. The van der Waals surface area contributed by atoms with E-state index in [1.807, 2.05) is 0 Å². The number of aryl methyl sites for hydroxylation is 1. The summed E-state index contributed by atoms with van der Waals surface area (Å²) in [5, 5.41) is 2.63. The number of rotatable bonds is 1. The third kappa shape index (κ3) is 2.43. The second-order valence-corrected chi connectivity index (χ2v) is 3.37. The van der Waals surface area contributed by atoms with Crippen LogP contribution in [-0.4, -0.2) is 4.45 Å². The molecule has 0 saturated carbocycles. The minimum Gasteiger partial charge on any atom is -0.337 e. The number of anilines is 1. The van der Waals surface area contributed by atoms with Crippen molar-refractivity contribution >= 4 is 34.0 Å². The van der Waals surface area contributed by atoms with Crippen LogP contribution in [0.3, 0.4) is 0 Å². The van der Waals surface area contributed by atoms with E-state index in [-0.39, 0.29) is 10.3 Å². The van der Waals surface area contributed by atoms with Crippen molar-refractivity contribution in [2.45, 2.75) is 6.92 Å². The number of thiocarbonyl (C=S) groups is 1. The normalized spacial score (nSPS) is 9.58. The lowest BCUT2D eigenvalue weighted by molar-refractivity contribution is 0.619. The Morgan fingerprint density at radius 2 is 2.25 bits per heavy atom. The molecule has 0 bridgehead atoms. The van der Waals surface area contributed by atoms with Gasteiger partial charge in [0.2, 0.25) is 0 Å². The fourth-order valence-electron chi connectivity index (χ4n) is 0.784. The van der Waals surface area contributed by atoms with E-state index in [9.17, 15) is 4.39 Å². The molecule has 0 unspecified atom stereocenters. The van der Waals surface area contributed by atoms with Gasteiger partial charge in [-0.15, -0.1) is 0 Å². The lowest BCUT2D eigenvalue weighted by Crippen LogP contribution is -2.00. The average molecular weight is 204 g/mol. The molecule has 0 radical (unpaired) electrons. The summed E-state index contributed by atoms with van der Waals surface area (Å²) in [7, 11) is 0. The third-order valence-electron chi connectivity index (χ3n) is 1.41. The number of benzene rings is 1. The Balaban J connectivity index is 2.89. The van der Waals surface area contributed by atoms with Gasteiger partial charge >= 0.3 is 0 Å². The van der Waals surface area contributed by atoms with Crippen molar-refractivity contribution in [3.05, 3.63) is 29.6 Å². The Morgan fingerprint density at radius 1 is 1.58 bits per heavy atom. The standard InChI is InChI=1S/C8H7ClFNS/c1-5-2-3-6(4-7(5)10)11-8(9)12/h2-4H,1H3,(H,11,12). The summed E-state index contributed by atoms with van der Waals surface area (Å²) in [6.07, 6.45) is 0. The summed E-state index contributed by atoms with van der Waals surface area (Å²) in [6, 6.07) is 4.73. The molecule has 0 amide bonds. The maximum Gasteiger partial charge on any atom is 0.171 e. The molecule has 0 spiro atoms. The molecule has 4 heteroatoms. The van der Waals surface area contributed by atoms with E-state index in [1.54, 1.807) is 19.1 Å². The molecule has 1 rings (SSSR count). The minimum absolute atomic E-state index is 0.109. The van der Waals surface area contributed by atoms with Gasteiger partial charge in [0, 0.05) is 5.69 Å². The van der Waals surface area contributed by atoms with Crippen molar-refractivity contribution in [2.75, 3.05) is 5.32 Å². The van der Waals surface area contributed by atoms with E-state index in [0.717, 1.165) is 0 Å². The first-order valence-electron chi connectivity index (χ1n) is 3.32. The van der Waals surface area contributed by atoms with E-state index in [2.05, 4.69) is 17.5 Å². The topological polar surface area (TPSA) is 12.0 Å². The van der Waals surface area contributed by atoms with Crippen molar-refractivity contribution in [1.29, 1.82) is 0 Å². The molecule has 1 aromatic rings. The molecule has 1 N–H and O–H groups in total. The summed E-state index contributed by atoms with van der Waals surface area (Å²) in [5.74, 6) is -0.270. The van der Waals surface area contributed by atoms with Crippen molar-refractivity contribution in [3.63, 3.8) is 0 Å². The van der Waals surface area contributed by atoms with Gasteiger partial charge in [-0.05, 0) is 36.8 Å². The first kappa shape index (κ1) is 9.42. The van der Waals surface area contributed by atoms with Crippen molar-refractivity contribution < 1.29 is 4.39 Å². The van der Waals surface area contributed by atoms with E-state index in [0.29, 0.717) is 11.3 Å². The predicted molar refractivity (Wildman–Crippen MR) is 53.2 cm³/mol. The Hall–Kier alpha value is -0.670. The molecule has 0 heterocycles. The van der Waals surface area contributed by atoms with Crippen molar-refractivity contribution in [2.24, 2.45) is 0 Å². The maximum absolute atomic E-state index is 12.9. The smallest absolute Gasteiger partial charge is 0.171 e. The van der Waals surface area contributed by atoms with E-state index >= 15 is 0 Å². The van der Waals surface area contributed by atoms with Crippen LogP contribution in [0.25, 0.3) is 0 Å². The van der Waals surface area contributed by atoms with Gasteiger partial charge in [0.1, 0.15) is 5.82 Å². The van der Waals surface area contributed by atoms with Crippen molar-refractivity contribution in [1.82, 2.24) is 0 Å². The van der Waals surface area contributed by atoms with E-state index in [1.165, 1.54) is 6.07 Å². The lowest BCUT2D eigenvalue weighted by Gasteiger charge is -2.03. The van der Waals surface area contributed by atoms with Crippen molar-refractivity contribution in [3.8, 4) is 0 Å². The Morgan fingerprint density at radius 3 is 2.75 bits per heavy atom. The molecule has 64 valence electrons. The highest BCUT2D eigenvalue weighted by Gasteiger charge is 1.99. The third-order valence-corrected chi connectivity index (χ3v) is 1.61. The molecule has 1 aromatic carbocycles. The quantitative estimate of drug-likeness (QED) is 0.428. The summed E-state index contributed by atoms with van der Waals surface area (Å²) < 4.78 is 13.0. The minimum atomic E-state index is -0.270. The van der Waals surface area contributed by atoms with Gasteiger partial charge < -0.3 is 5.32 Å². The first-order valence-corrected chi connectivity index (χ1v) is 4.11. The monoisotopic (exact) mass is 203 g/mol. The summed E-state index contributed by atoms with van der Waals surface area (Å²) >= 11 is 9.99. The summed E-state index contributed by atoms with van der Waals surface area (Å²) in [6.45, 7) is 1.69. The summed E-state index contributed by atoms with van der Waals surface area (Å²) in [5.41, 5.74) is 1.17. The number of hydrogen-bond acceptors (Lipinski definition) is 1. The second-order valence-electron chi connectivity index (χ2n) is 2.36. The van der Waals surface area contributed by atoms with Crippen LogP contribution in [0.4, 0.5) is 10.1 Å². The van der Waals surface area contributed by atoms with Gasteiger partial charge in [0.05, 0.1) is 0 Å². The fraction of sp³-hybridized carbons (Fsp3) is 0.125.